The number of thioether (sulfide) groups is 1. The minimum Gasteiger partial charge on any atom is -0.486 e. The number of aromatic nitrogens is 3. The summed E-state index contributed by atoms with van der Waals surface area (Å²) < 4.78 is 6.88. The van der Waals surface area contributed by atoms with Crippen LogP contribution in [0.1, 0.15) is 43.6 Å². The van der Waals surface area contributed by atoms with Gasteiger partial charge in [-0.15, -0.1) is 5.10 Å². The maximum atomic E-state index is 12.4. The van der Waals surface area contributed by atoms with Gasteiger partial charge in [0.15, 0.2) is 5.82 Å². The highest BCUT2D eigenvalue weighted by Gasteiger charge is 2.12. The van der Waals surface area contributed by atoms with Gasteiger partial charge in [-0.2, -0.15) is 0 Å². The van der Waals surface area contributed by atoms with Crippen molar-refractivity contribution in [1.29, 1.82) is 0 Å². The van der Waals surface area contributed by atoms with Crippen molar-refractivity contribution in [2.75, 3.05) is 11.1 Å². The normalized spacial score (nSPS) is 11.0. The number of ether oxygens (including phenoxy) is 1. The number of carbonyl (C=O) groups excluding carboxylic acids is 1. The summed E-state index contributed by atoms with van der Waals surface area (Å²) in [6.07, 6.45) is 0.999. The number of amides is 1. The van der Waals surface area contributed by atoms with Crippen LogP contribution in [0.2, 0.25) is 0 Å². The molecule has 0 saturated heterocycles. The molecule has 3 aromatic rings. The molecule has 0 spiro atoms. The Morgan fingerprint density at radius 2 is 2.00 bits per heavy atom. The Hall–Kier alpha value is -2.07. The molecule has 0 aliphatic carbocycles. The van der Waals surface area contributed by atoms with E-state index in [2.05, 4.69) is 69.9 Å². The number of benzene rings is 2. The van der Waals surface area contributed by atoms with Crippen LogP contribution in [0.15, 0.2) is 47.6 Å². The summed E-state index contributed by atoms with van der Waals surface area (Å²) in [5.41, 5.74) is 3.25. The lowest BCUT2D eigenvalue weighted by Gasteiger charge is -2.14. The first-order valence-electron chi connectivity index (χ1n) is 9.79. The van der Waals surface area contributed by atoms with Crippen LogP contribution >= 0.6 is 34.4 Å². The van der Waals surface area contributed by atoms with Crippen molar-refractivity contribution >= 4 is 45.9 Å². The van der Waals surface area contributed by atoms with Crippen LogP contribution in [0.3, 0.4) is 0 Å². The number of H-pyrrole nitrogens is 1. The quantitative estimate of drug-likeness (QED) is 0.283. The topological polar surface area (TPSA) is 79.9 Å². The molecule has 2 aromatic carbocycles. The van der Waals surface area contributed by atoms with E-state index in [1.165, 1.54) is 17.3 Å². The van der Waals surface area contributed by atoms with Gasteiger partial charge in [0, 0.05) is 9.26 Å². The van der Waals surface area contributed by atoms with Gasteiger partial charge in [-0.3, -0.25) is 9.89 Å². The first-order valence-corrected chi connectivity index (χ1v) is 11.9. The number of carbonyl (C=O) groups is 1. The Kier molecular flexibility index (Phi) is 8.15. The Morgan fingerprint density at radius 1 is 1.23 bits per heavy atom. The van der Waals surface area contributed by atoms with Crippen LogP contribution in [0.25, 0.3) is 0 Å². The van der Waals surface area contributed by atoms with E-state index in [0.29, 0.717) is 23.5 Å². The number of aryl methyl sites for hydroxylation is 1. The Bertz CT molecular complexity index is 989. The van der Waals surface area contributed by atoms with E-state index in [9.17, 15) is 4.79 Å². The highest BCUT2D eigenvalue weighted by Crippen LogP contribution is 2.26. The number of halogens is 1. The Morgan fingerprint density at radius 3 is 2.70 bits per heavy atom. The fraction of sp³-hybridized carbons (Fsp3) is 0.318. The molecule has 0 atom stereocenters. The first kappa shape index (κ1) is 22.6. The van der Waals surface area contributed by atoms with Crippen molar-refractivity contribution in [2.24, 2.45) is 0 Å². The number of hydrogen-bond donors (Lipinski definition) is 2. The summed E-state index contributed by atoms with van der Waals surface area (Å²) in [7, 11) is 0. The van der Waals surface area contributed by atoms with Gasteiger partial charge < -0.3 is 10.1 Å². The third kappa shape index (κ3) is 6.46. The van der Waals surface area contributed by atoms with Crippen molar-refractivity contribution in [3.05, 3.63) is 63.0 Å². The van der Waals surface area contributed by atoms with E-state index >= 15 is 0 Å². The van der Waals surface area contributed by atoms with Crippen molar-refractivity contribution < 1.29 is 9.53 Å². The van der Waals surface area contributed by atoms with Crippen LogP contribution in [0.5, 0.6) is 5.75 Å². The van der Waals surface area contributed by atoms with Crippen LogP contribution in [0.4, 0.5) is 5.69 Å². The van der Waals surface area contributed by atoms with Crippen LogP contribution in [-0.2, 0) is 17.8 Å². The van der Waals surface area contributed by atoms with E-state index in [1.54, 1.807) is 0 Å². The maximum absolute atomic E-state index is 12.4. The maximum Gasteiger partial charge on any atom is 0.234 e. The Balaban J connectivity index is 1.49. The minimum atomic E-state index is -0.0817. The van der Waals surface area contributed by atoms with Gasteiger partial charge in [-0.25, -0.2) is 4.98 Å². The predicted molar refractivity (Wildman–Crippen MR) is 129 cm³/mol. The van der Waals surface area contributed by atoms with Gasteiger partial charge in [0.05, 0.1) is 5.75 Å². The molecule has 0 saturated carbocycles. The van der Waals surface area contributed by atoms with Crippen LogP contribution < -0.4 is 10.1 Å². The summed E-state index contributed by atoms with van der Waals surface area (Å²) in [5.74, 6) is 1.89. The van der Waals surface area contributed by atoms with Gasteiger partial charge in [0.1, 0.15) is 12.4 Å². The van der Waals surface area contributed by atoms with Crippen molar-refractivity contribution in [2.45, 2.75) is 44.9 Å². The molecule has 3 rings (SSSR count). The van der Waals surface area contributed by atoms with E-state index < -0.39 is 0 Å². The van der Waals surface area contributed by atoms with E-state index in [1.807, 2.05) is 36.4 Å². The van der Waals surface area contributed by atoms with Crippen molar-refractivity contribution in [1.82, 2.24) is 15.2 Å². The molecule has 0 aliphatic rings. The monoisotopic (exact) mass is 536 g/mol. The van der Waals surface area contributed by atoms with E-state index in [-0.39, 0.29) is 11.7 Å². The highest BCUT2D eigenvalue weighted by molar-refractivity contribution is 14.1. The largest absolute Gasteiger partial charge is 0.486 e. The van der Waals surface area contributed by atoms with Crippen molar-refractivity contribution in [3.63, 3.8) is 0 Å². The minimum absolute atomic E-state index is 0.0817. The smallest absolute Gasteiger partial charge is 0.234 e. The molecular formula is C22H25IN4O2S. The molecule has 0 fully saturated rings. The molecular weight excluding hydrogens is 511 g/mol. The number of aromatic amines is 1. The Labute approximate surface area is 194 Å². The molecule has 6 nitrogen and oxygen atoms in total. The van der Waals surface area contributed by atoms with Gasteiger partial charge in [0.2, 0.25) is 11.1 Å². The number of nitrogens with zero attached hydrogens (tertiary/aromatic N) is 2. The molecule has 1 aromatic heterocycles. The molecule has 2 N–H and O–H groups in total. The first-order chi connectivity index (χ1) is 14.4. The standard InChI is InChI=1S/C22H25IN4O2S/c1-4-15-5-8-17(9-6-15)29-12-20-25-22(27-26-20)30-13-21(28)24-19-10-7-16(23)11-18(19)14(2)3/h5-11,14H,4,12-13H2,1-3H3,(H,24,28)(H,25,26,27). The second kappa shape index (κ2) is 10.8. The summed E-state index contributed by atoms with van der Waals surface area (Å²) in [6.45, 7) is 6.65. The third-order valence-corrected chi connectivity index (χ3v) is 5.98. The average Bonchev–Trinajstić information content (AvgIpc) is 3.20. The van der Waals surface area contributed by atoms with Gasteiger partial charge >= 0.3 is 0 Å². The van der Waals surface area contributed by atoms with Gasteiger partial charge in [-0.1, -0.05) is 44.7 Å². The number of anilines is 1. The molecule has 0 aliphatic heterocycles. The molecule has 1 heterocycles. The summed E-state index contributed by atoms with van der Waals surface area (Å²) in [4.78, 5) is 16.8. The second-order valence-corrected chi connectivity index (χ2v) is 9.26. The van der Waals surface area contributed by atoms with Gasteiger partial charge in [0.25, 0.3) is 0 Å². The van der Waals surface area contributed by atoms with E-state index in [0.717, 1.165) is 27.0 Å². The lowest BCUT2D eigenvalue weighted by molar-refractivity contribution is -0.113. The number of hydrogen-bond acceptors (Lipinski definition) is 5. The highest BCUT2D eigenvalue weighted by atomic mass is 127. The fourth-order valence-corrected chi connectivity index (χ4v) is 3.95. The predicted octanol–water partition coefficient (Wildman–Crippen LogP) is 5.40. The summed E-state index contributed by atoms with van der Waals surface area (Å²) >= 11 is 3.57. The van der Waals surface area contributed by atoms with E-state index in [4.69, 9.17) is 4.74 Å². The molecule has 0 bridgehead atoms. The third-order valence-electron chi connectivity index (χ3n) is 4.46. The molecule has 8 heteroatoms. The molecule has 30 heavy (non-hydrogen) atoms. The summed E-state index contributed by atoms with van der Waals surface area (Å²) in [5, 5.41) is 10.5. The lowest BCUT2D eigenvalue weighted by Crippen LogP contribution is -2.15. The summed E-state index contributed by atoms with van der Waals surface area (Å²) in [6, 6.07) is 14.0. The lowest BCUT2D eigenvalue weighted by atomic mass is 10.0. The van der Waals surface area contributed by atoms with Gasteiger partial charge in [-0.05, 0) is 76.4 Å². The van der Waals surface area contributed by atoms with Crippen molar-refractivity contribution in [3.8, 4) is 5.75 Å². The number of nitrogens with one attached hydrogen (secondary N) is 2. The molecule has 0 unspecified atom stereocenters. The molecule has 0 radical (unpaired) electrons. The average molecular weight is 536 g/mol. The van der Waals surface area contributed by atoms with Crippen LogP contribution in [-0.4, -0.2) is 26.8 Å². The van der Waals surface area contributed by atoms with Crippen LogP contribution in [0, 0.1) is 3.57 Å². The second-order valence-electron chi connectivity index (χ2n) is 7.07. The zero-order valence-corrected chi connectivity index (χ0v) is 20.2. The molecule has 1 amide bonds. The molecule has 158 valence electrons. The zero-order valence-electron chi connectivity index (χ0n) is 17.2. The number of rotatable bonds is 9. The fourth-order valence-electron chi connectivity index (χ4n) is 2.82. The SMILES string of the molecule is CCc1ccc(OCc2nc(SCC(=O)Nc3ccc(I)cc3C(C)C)n[nH]2)cc1. The zero-order chi connectivity index (χ0) is 21.5.